The number of aryl methyl sites for hydroxylation is 1. The van der Waals surface area contributed by atoms with Crippen molar-refractivity contribution in [2.75, 3.05) is 13.2 Å². The first-order chi connectivity index (χ1) is 12.0. The summed E-state index contributed by atoms with van der Waals surface area (Å²) >= 11 is 0. The molecule has 0 unspecified atom stereocenters. The summed E-state index contributed by atoms with van der Waals surface area (Å²) in [6.07, 6.45) is 5.14. The van der Waals surface area contributed by atoms with Crippen molar-refractivity contribution in [2.45, 2.75) is 45.3 Å². The van der Waals surface area contributed by atoms with E-state index in [2.05, 4.69) is 10.1 Å². The molecule has 1 aromatic heterocycles. The summed E-state index contributed by atoms with van der Waals surface area (Å²) < 4.78 is 7.48. The van der Waals surface area contributed by atoms with Gasteiger partial charge in [0.1, 0.15) is 6.33 Å². The molecule has 1 fully saturated rings. The van der Waals surface area contributed by atoms with Crippen LogP contribution in [-0.2, 0) is 11.8 Å². The highest BCUT2D eigenvalue weighted by molar-refractivity contribution is 5.94. The standard InChI is InChI=1S/C19H26N4O2/c1-14(2)23(12-17-6-4-5-11-25-17)19(24)16-9-7-15(8-10-16)18-20-13-22(3)21-18/h7-10,13-14,17H,4-6,11-12H2,1-3H3/t17-/m0/s1. The molecule has 1 aliphatic rings. The minimum Gasteiger partial charge on any atom is -0.376 e. The second kappa shape index (κ2) is 7.78. The van der Waals surface area contributed by atoms with Crippen molar-refractivity contribution in [3.05, 3.63) is 36.2 Å². The maximum atomic E-state index is 12.9. The summed E-state index contributed by atoms with van der Waals surface area (Å²) in [4.78, 5) is 19.1. The SMILES string of the molecule is CC(C)N(C[C@@H]1CCCCO1)C(=O)c1ccc(-c2ncn(C)n2)cc1. The zero-order valence-corrected chi connectivity index (χ0v) is 15.2. The van der Waals surface area contributed by atoms with Crippen LogP contribution in [0.25, 0.3) is 11.4 Å². The third-order valence-electron chi connectivity index (χ3n) is 4.55. The number of ether oxygens (including phenoxy) is 1. The molecule has 0 saturated carbocycles. The highest BCUT2D eigenvalue weighted by Crippen LogP contribution is 2.19. The molecule has 134 valence electrons. The monoisotopic (exact) mass is 342 g/mol. The van der Waals surface area contributed by atoms with E-state index in [0.29, 0.717) is 17.9 Å². The molecule has 1 amide bonds. The first-order valence-electron chi connectivity index (χ1n) is 8.93. The largest absolute Gasteiger partial charge is 0.376 e. The van der Waals surface area contributed by atoms with Crippen LogP contribution < -0.4 is 0 Å². The summed E-state index contributed by atoms with van der Waals surface area (Å²) in [5.74, 6) is 0.711. The van der Waals surface area contributed by atoms with E-state index in [0.717, 1.165) is 25.0 Å². The zero-order valence-electron chi connectivity index (χ0n) is 15.2. The number of carbonyl (C=O) groups is 1. The lowest BCUT2D eigenvalue weighted by molar-refractivity contribution is -0.00830. The van der Waals surface area contributed by atoms with Crippen molar-refractivity contribution in [1.29, 1.82) is 0 Å². The molecule has 1 atom stereocenters. The lowest BCUT2D eigenvalue weighted by Crippen LogP contribution is -2.43. The van der Waals surface area contributed by atoms with Gasteiger partial charge in [-0.2, -0.15) is 5.10 Å². The molecule has 6 nitrogen and oxygen atoms in total. The van der Waals surface area contributed by atoms with Crippen LogP contribution in [0.2, 0.25) is 0 Å². The number of rotatable bonds is 5. The fourth-order valence-corrected chi connectivity index (χ4v) is 3.10. The van der Waals surface area contributed by atoms with Gasteiger partial charge in [-0.15, -0.1) is 0 Å². The molecule has 25 heavy (non-hydrogen) atoms. The maximum absolute atomic E-state index is 12.9. The van der Waals surface area contributed by atoms with Crippen LogP contribution in [0.15, 0.2) is 30.6 Å². The smallest absolute Gasteiger partial charge is 0.254 e. The van der Waals surface area contributed by atoms with E-state index < -0.39 is 0 Å². The number of nitrogens with zero attached hydrogens (tertiary/aromatic N) is 4. The molecule has 1 aliphatic heterocycles. The van der Waals surface area contributed by atoms with Gasteiger partial charge >= 0.3 is 0 Å². The number of hydrogen-bond acceptors (Lipinski definition) is 4. The van der Waals surface area contributed by atoms with Crippen LogP contribution in [-0.4, -0.2) is 50.9 Å². The van der Waals surface area contributed by atoms with Crippen LogP contribution in [0, 0.1) is 0 Å². The van der Waals surface area contributed by atoms with Crippen LogP contribution in [0.1, 0.15) is 43.5 Å². The van der Waals surface area contributed by atoms with Gasteiger partial charge in [0.15, 0.2) is 5.82 Å². The first-order valence-corrected chi connectivity index (χ1v) is 8.93. The molecular formula is C19H26N4O2. The Balaban J connectivity index is 1.72. The predicted octanol–water partition coefficient (Wildman–Crippen LogP) is 2.90. The number of carbonyl (C=O) groups excluding carboxylic acids is 1. The van der Waals surface area contributed by atoms with Crippen molar-refractivity contribution in [2.24, 2.45) is 7.05 Å². The Morgan fingerprint density at radius 2 is 2.08 bits per heavy atom. The summed E-state index contributed by atoms with van der Waals surface area (Å²) in [6.45, 7) is 5.55. The van der Waals surface area contributed by atoms with E-state index in [1.54, 1.807) is 11.0 Å². The Kier molecular flexibility index (Phi) is 5.48. The number of benzene rings is 1. The topological polar surface area (TPSA) is 60.2 Å². The van der Waals surface area contributed by atoms with E-state index in [4.69, 9.17) is 4.74 Å². The Morgan fingerprint density at radius 3 is 2.64 bits per heavy atom. The molecule has 6 heteroatoms. The Bertz CT molecular complexity index is 702. The predicted molar refractivity (Wildman–Crippen MR) is 96.2 cm³/mol. The third-order valence-corrected chi connectivity index (χ3v) is 4.55. The minimum absolute atomic E-state index is 0.0460. The second-order valence-electron chi connectivity index (χ2n) is 6.86. The molecule has 1 saturated heterocycles. The van der Waals surface area contributed by atoms with Crippen LogP contribution in [0.4, 0.5) is 0 Å². The molecule has 0 radical (unpaired) electrons. The van der Waals surface area contributed by atoms with Crippen molar-refractivity contribution >= 4 is 5.91 Å². The van der Waals surface area contributed by atoms with E-state index >= 15 is 0 Å². The summed E-state index contributed by atoms with van der Waals surface area (Å²) in [6, 6.07) is 7.64. The first kappa shape index (κ1) is 17.6. The van der Waals surface area contributed by atoms with Gasteiger partial charge in [0.2, 0.25) is 0 Å². The van der Waals surface area contributed by atoms with Crippen LogP contribution >= 0.6 is 0 Å². The van der Waals surface area contributed by atoms with Gasteiger partial charge in [0.05, 0.1) is 6.10 Å². The number of aromatic nitrogens is 3. The Hall–Kier alpha value is -2.21. The summed E-state index contributed by atoms with van der Waals surface area (Å²) in [5, 5.41) is 4.29. The van der Waals surface area contributed by atoms with Gasteiger partial charge in [-0.3, -0.25) is 9.48 Å². The highest BCUT2D eigenvalue weighted by atomic mass is 16.5. The maximum Gasteiger partial charge on any atom is 0.254 e. The van der Waals surface area contributed by atoms with E-state index in [1.807, 2.05) is 50.1 Å². The van der Waals surface area contributed by atoms with E-state index in [1.165, 1.54) is 6.42 Å². The lowest BCUT2D eigenvalue weighted by atomic mass is 10.1. The normalized spacial score (nSPS) is 17.7. The number of amides is 1. The average Bonchev–Trinajstić information content (AvgIpc) is 3.06. The van der Waals surface area contributed by atoms with Gasteiger partial charge in [-0.1, -0.05) is 12.1 Å². The van der Waals surface area contributed by atoms with Gasteiger partial charge < -0.3 is 9.64 Å². The summed E-state index contributed by atoms with van der Waals surface area (Å²) in [5.41, 5.74) is 1.59. The van der Waals surface area contributed by atoms with Gasteiger partial charge in [-0.05, 0) is 45.2 Å². The second-order valence-corrected chi connectivity index (χ2v) is 6.86. The molecule has 0 spiro atoms. The molecule has 2 heterocycles. The van der Waals surface area contributed by atoms with Crippen molar-refractivity contribution in [1.82, 2.24) is 19.7 Å². The quantitative estimate of drug-likeness (QED) is 0.838. The molecule has 0 N–H and O–H groups in total. The fourth-order valence-electron chi connectivity index (χ4n) is 3.10. The Morgan fingerprint density at radius 1 is 1.32 bits per heavy atom. The van der Waals surface area contributed by atoms with Gasteiger partial charge in [-0.25, -0.2) is 4.98 Å². The fraction of sp³-hybridized carbons (Fsp3) is 0.526. The van der Waals surface area contributed by atoms with Crippen molar-refractivity contribution in [3.63, 3.8) is 0 Å². The molecule has 0 aliphatic carbocycles. The van der Waals surface area contributed by atoms with Gasteiger partial charge in [0.25, 0.3) is 5.91 Å². The molecule has 1 aromatic carbocycles. The van der Waals surface area contributed by atoms with Crippen LogP contribution in [0.5, 0.6) is 0 Å². The molecule has 2 aromatic rings. The van der Waals surface area contributed by atoms with E-state index in [9.17, 15) is 4.79 Å². The minimum atomic E-state index is 0.0460. The van der Waals surface area contributed by atoms with Crippen molar-refractivity contribution in [3.8, 4) is 11.4 Å². The molecular weight excluding hydrogens is 316 g/mol. The molecule has 3 rings (SSSR count). The van der Waals surface area contributed by atoms with Gasteiger partial charge in [0, 0.05) is 37.4 Å². The third kappa shape index (κ3) is 4.25. The van der Waals surface area contributed by atoms with Crippen molar-refractivity contribution < 1.29 is 9.53 Å². The summed E-state index contributed by atoms with van der Waals surface area (Å²) in [7, 11) is 1.84. The molecule has 0 bridgehead atoms. The number of hydrogen-bond donors (Lipinski definition) is 0. The highest BCUT2D eigenvalue weighted by Gasteiger charge is 2.24. The lowest BCUT2D eigenvalue weighted by Gasteiger charge is -2.32. The Labute approximate surface area is 148 Å². The zero-order chi connectivity index (χ0) is 17.8. The average molecular weight is 342 g/mol. The van der Waals surface area contributed by atoms with E-state index in [-0.39, 0.29) is 18.1 Å². The van der Waals surface area contributed by atoms with Crippen LogP contribution in [0.3, 0.4) is 0 Å².